The highest BCUT2D eigenvalue weighted by molar-refractivity contribution is 7.25. The van der Waals surface area contributed by atoms with E-state index in [1.807, 2.05) is 49.4 Å². The van der Waals surface area contributed by atoms with Crippen LogP contribution in [0.1, 0.15) is 18.9 Å². The van der Waals surface area contributed by atoms with Crippen LogP contribution in [0.5, 0.6) is 0 Å². The van der Waals surface area contributed by atoms with Gasteiger partial charge >= 0.3 is 0 Å². The molecule has 0 aliphatic rings. The van der Waals surface area contributed by atoms with Crippen LogP contribution in [0.25, 0.3) is 20.3 Å². The van der Waals surface area contributed by atoms with Gasteiger partial charge in [0, 0.05) is 16.1 Å². The molecule has 0 radical (unpaired) electrons. The number of rotatable bonds is 6. The Morgan fingerprint density at radius 1 is 1.14 bits per heavy atom. The van der Waals surface area contributed by atoms with Crippen LogP contribution in [0.3, 0.4) is 0 Å². The molecule has 142 valence electrons. The summed E-state index contributed by atoms with van der Waals surface area (Å²) in [6.45, 7) is 1.96. The third-order valence-corrected chi connectivity index (χ3v) is 5.93. The number of carbonyl (C=O) groups is 1. The van der Waals surface area contributed by atoms with Gasteiger partial charge in [-0.15, -0.1) is 11.3 Å². The van der Waals surface area contributed by atoms with E-state index in [1.165, 1.54) is 27.8 Å². The molecule has 0 fully saturated rings. The molecule has 0 saturated heterocycles. The molecule has 0 aliphatic heterocycles. The Labute approximate surface area is 166 Å². The molecule has 1 N–H and O–H groups in total. The van der Waals surface area contributed by atoms with E-state index in [1.54, 1.807) is 0 Å². The molecule has 0 aliphatic carbocycles. The smallest absolute Gasteiger partial charge is 0.271 e. The summed E-state index contributed by atoms with van der Waals surface area (Å²) in [4.78, 5) is 29.6. The average molecular weight is 391 g/mol. The summed E-state index contributed by atoms with van der Waals surface area (Å²) in [5.41, 5.74) is 1.79. The van der Waals surface area contributed by atoms with Crippen molar-refractivity contribution in [1.82, 2.24) is 14.9 Å². The minimum Gasteiger partial charge on any atom is -0.352 e. The standard InChI is InChI=1S/C22H21N3O2S/c1-15(11-12-16-7-3-2-4-8-16)24-19(26)13-25-14-23-20-17-9-5-6-10-18(17)28-21(20)22(25)27/h2-10,14-15H,11-13H2,1H3,(H,24,26)/t15-/m0/s1. The molecular formula is C22H21N3O2S. The zero-order chi connectivity index (χ0) is 19.5. The molecule has 0 unspecified atom stereocenters. The maximum absolute atomic E-state index is 12.8. The Bertz CT molecular complexity index is 1180. The number of thiophene rings is 1. The number of fused-ring (bicyclic) bond motifs is 3. The van der Waals surface area contributed by atoms with Gasteiger partial charge in [-0.3, -0.25) is 14.2 Å². The summed E-state index contributed by atoms with van der Waals surface area (Å²) in [5, 5.41) is 3.95. The number of hydrogen-bond acceptors (Lipinski definition) is 4. The molecule has 28 heavy (non-hydrogen) atoms. The second kappa shape index (κ2) is 7.94. The first kappa shape index (κ1) is 18.4. The van der Waals surface area contributed by atoms with Gasteiger partial charge in [0.05, 0.1) is 11.8 Å². The van der Waals surface area contributed by atoms with Gasteiger partial charge in [0.2, 0.25) is 5.91 Å². The number of aromatic nitrogens is 2. The second-order valence-electron chi connectivity index (χ2n) is 6.95. The minimum atomic E-state index is -0.176. The second-order valence-corrected chi connectivity index (χ2v) is 8.00. The SMILES string of the molecule is C[C@@H](CCc1ccccc1)NC(=O)Cn1cnc2c(sc3ccccc32)c1=O. The van der Waals surface area contributed by atoms with Gasteiger partial charge < -0.3 is 5.32 Å². The molecule has 2 aromatic carbocycles. The predicted octanol–water partition coefficient (Wildman–Crippen LogP) is 3.75. The molecule has 4 aromatic rings. The molecule has 0 bridgehead atoms. The number of hydrogen-bond donors (Lipinski definition) is 1. The summed E-state index contributed by atoms with van der Waals surface area (Å²) >= 11 is 1.42. The Balaban J connectivity index is 1.44. The van der Waals surface area contributed by atoms with Crippen molar-refractivity contribution in [3.63, 3.8) is 0 Å². The molecule has 4 rings (SSSR count). The molecule has 1 amide bonds. The molecule has 0 spiro atoms. The molecule has 0 saturated carbocycles. The van der Waals surface area contributed by atoms with Gasteiger partial charge in [0.1, 0.15) is 11.2 Å². The zero-order valence-electron chi connectivity index (χ0n) is 15.6. The highest BCUT2D eigenvalue weighted by Gasteiger charge is 2.14. The van der Waals surface area contributed by atoms with Crippen LogP contribution in [0.4, 0.5) is 0 Å². The number of nitrogens with one attached hydrogen (secondary N) is 1. The van der Waals surface area contributed by atoms with E-state index in [4.69, 9.17) is 0 Å². The predicted molar refractivity (Wildman–Crippen MR) is 114 cm³/mol. The van der Waals surface area contributed by atoms with Gasteiger partial charge in [-0.2, -0.15) is 0 Å². The fourth-order valence-corrected chi connectivity index (χ4v) is 4.41. The third-order valence-electron chi connectivity index (χ3n) is 4.78. The van der Waals surface area contributed by atoms with Crippen molar-refractivity contribution in [2.75, 3.05) is 0 Å². The van der Waals surface area contributed by atoms with Gasteiger partial charge in [-0.25, -0.2) is 4.98 Å². The van der Waals surface area contributed by atoms with Crippen LogP contribution in [-0.2, 0) is 17.8 Å². The monoisotopic (exact) mass is 391 g/mol. The quantitative estimate of drug-likeness (QED) is 0.544. The summed E-state index contributed by atoms with van der Waals surface area (Å²) in [6, 6.07) is 18.0. The fraction of sp³-hybridized carbons (Fsp3) is 0.227. The summed E-state index contributed by atoms with van der Waals surface area (Å²) in [5.74, 6) is -0.176. The maximum Gasteiger partial charge on any atom is 0.271 e. The van der Waals surface area contributed by atoms with Crippen LogP contribution in [0, 0.1) is 0 Å². The maximum atomic E-state index is 12.8. The zero-order valence-corrected chi connectivity index (χ0v) is 16.4. The first-order valence-corrected chi connectivity index (χ1v) is 10.1. The van der Waals surface area contributed by atoms with E-state index in [2.05, 4.69) is 22.4 Å². The van der Waals surface area contributed by atoms with Gasteiger partial charge in [0.25, 0.3) is 5.56 Å². The van der Waals surface area contributed by atoms with Crippen LogP contribution < -0.4 is 10.9 Å². The molecule has 2 aromatic heterocycles. The lowest BCUT2D eigenvalue weighted by Crippen LogP contribution is -2.37. The number of aryl methyl sites for hydroxylation is 1. The van der Waals surface area contributed by atoms with E-state index in [0.717, 1.165) is 22.9 Å². The number of nitrogens with zero attached hydrogens (tertiary/aromatic N) is 2. The molecular weight excluding hydrogens is 370 g/mol. The Kier molecular flexibility index (Phi) is 5.21. The van der Waals surface area contributed by atoms with Crippen molar-refractivity contribution in [2.45, 2.75) is 32.4 Å². The van der Waals surface area contributed by atoms with Crippen LogP contribution in [0.2, 0.25) is 0 Å². The van der Waals surface area contributed by atoms with E-state index in [0.29, 0.717) is 10.2 Å². The normalized spacial score (nSPS) is 12.3. The van der Waals surface area contributed by atoms with Crippen molar-refractivity contribution in [3.05, 3.63) is 76.8 Å². The lowest BCUT2D eigenvalue weighted by Gasteiger charge is -2.14. The third kappa shape index (κ3) is 3.82. The Hall–Kier alpha value is -2.99. The van der Waals surface area contributed by atoms with Crippen molar-refractivity contribution >= 4 is 37.5 Å². The van der Waals surface area contributed by atoms with Crippen molar-refractivity contribution in [2.24, 2.45) is 0 Å². The van der Waals surface area contributed by atoms with E-state index in [-0.39, 0.29) is 24.1 Å². The Morgan fingerprint density at radius 2 is 1.89 bits per heavy atom. The van der Waals surface area contributed by atoms with Crippen molar-refractivity contribution in [3.8, 4) is 0 Å². The van der Waals surface area contributed by atoms with Gasteiger partial charge in [-0.05, 0) is 31.4 Å². The van der Waals surface area contributed by atoms with E-state index < -0.39 is 0 Å². The highest BCUT2D eigenvalue weighted by Crippen LogP contribution is 2.29. The summed E-state index contributed by atoms with van der Waals surface area (Å²) < 4.78 is 3.00. The molecule has 6 heteroatoms. The first-order valence-electron chi connectivity index (χ1n) is 9.32. The topological polar surface area (TPSA) is 64.0 Å². The highest BCUT2D eigenvalue weighted by atomic mass is 32.1. The average Bonchev–Trinajstić information content (AvgIpc) is 3.09. The number of carbonyl (C=O) groups excluding carboxylic acids is 1. The lowest BCUT2D eigenvalue weighted by molar-refractivity contribution is -0.122. The lowest BCUT2D eigenvalue weighted by atomic mass is 10.1. The molecule has 5 nitrogen and oxygen atoms in total. The van der Waals surface area contributed by atoms with Gasteiger partial charge in [-0.1, -0.05) is 48.5 Å². The van der Waals surface area contributed by atoms with Crippen LogP contribution >= 0.6 is 11.3 Å². The van der Waals surface area contributed by atoms with Crippen LogP contribution in [-0.4, -0.2) is 21.5 Å². The molecule has 1 atom stereocenters. The first-order chi connectivity index (χ1) is 13.6. The van der Waals surface area contributed by atoms with E-state index in [9.17, 15) is 9.59 Å². The summed E-state index contributed by atoms with van der Waals surface area (Å²) in [6.07, 6.45) is 3.22. The number of amides is 1. The Morgan fingerprint density at radius 3 is 2.71 bits per heavy atom. The fourth-order valence-electron chi connectivity index (χ4n) is 3.30. The van der Waals surface area contributed by atoms with Gasteiger partial charge in [0.15, 0.2) is 0 Å². The van der Waals surface area contributed by atoms with E-state index >= 15 is 0 Å². The molecule has 2 heterocycles. The summed E-state index contributed by atoms with van der Waals surface area (Å²) in [7, 11) is 0. The van der Waals surface area contributed by atoms with Crippen molar-refractivity contribution < 1.29 is 4.79 Å². The number of benzene rings is 2. The van der Waals surface area contributed by atoms with Crippen molar-refractivity contribution in [1.29, 1.82) is 0 Å². The largest absolute Gasteiger partial charge is 0.352 e. The minimum absolute atomic E-state index is 0.0221. The van der Waals surface area contributed by atoms with Crippen LogP contribution in [0.15, 0.2) is 65.7 Å².